The molecule has 0 unspecified atom stereocenters. The maximum atomic E-state index is 12.5. The fourth-order valence-electron chi connectivity index (χ4n) is 5.07. The standard InChI is InChI=1S/C31H40N8O4/c1-4-33-28(42)25-23(40)24(41)29(43-25)39-18-36-22-26(37-30(38-27(22)39)35-17-31(2,3)16-32)34-15-21(19-11-7-5-8-12-19)20-13-9-6-10-14-20/h5-14,18,21,23-25,29,40-41H,4,15-17,32H2,1-3H3,(H,33,42)(H2,34,35,37,38)/t23-,24+,25-,29+/m0/s1. The van der Waals surface area contributed by atoms with E-state index in [1.54, 1.807) is 6.92 Å². The van der Waals surface area contributed by atoms with E-state index >= 15 is 0 Å². The Bertz CT molecular complexity index is 1480. The zero-order chi connectivity index (χ0) is 30.6. The predicted octanol–water partition coefficient (Wildman–Crippen LogP) is 2.22. The number of aromatic nitrogens is 4. The summed E-state index contributed by atoms with van der Waals surface area (Å²) >= 11 is 0. The second kappa shape index (κ2) is 13.0. The van der Waals surface area contributed by atoms with Gasteiger partial charge in [0.05, 0.1) is 6.33 Å². The first-order valence-corrected chi connectivity index (χ1v) is 14.5. The zero-order valence-corrected chi connectivity index (χ0v) is 24.6. The van der Waals surface area contributed by atoms with Gasteiger partial charge in [0.15, 0.2) is 29.3 Å². The third kappa shape index (κ3) is 6.62. The van der Waals surface area contributed by atoms with Gasteiger partial charge in [-0.1, -0.05) is 74.5 Å². The number of nitrogens with zero attached hydrogens (tertiary/aromatic N) is 4. The number of anilines is 2. The van der Waals surface area contributed by atoms with Crippen LogP contribution in [0.4, 0.5) is 11.8 Å². The Morgan fingerprint density at radius 1 is 1.02 bits per heavy atom. The molecule has 7 N–H and O–H groups in total. The Balaban J connectivity index is 1.51. The Morgan fingerprint density at radius 2 is 1.67 bits per heavy atom. The van der Waals surface area contributed by atoms with Crippen LogP contribution in [0.3, 0.4) is 0 Å². The number of hydrogen-bond donors (Lipinski definition) is 6. The quantitative estimate of drug-likeness (QED) is 0.144. The van der Waals surface area contributed by atoms with E-state index in [2.05, 4.69) is 45.2 Å². The Hall–Kier alpha value is -4.10. The molecule has 1 amide bonds. The fraction of sp³-hybridized carbons (Fsp3) is 0.419. The molecule has 0 saturated carbocycles. The van der Waals surface area contributed by atoms with Crippen molar-refractivity contribution in [1.82, 2.24) is 24.8 Å². The van der Waals surface area contributed by atoms with Crippen molar-refractivity contribution in [3.63, 3.8) is 0 Å². The molecule has 3 heterocycles. The van der Waals surface area contributed by atoms with E-state index in [4.69, 9.17) is 20.4 Å². The highest BCUT2D eigenvalue weighted by molar-refractivity contribution is 5.85. The number of carbonyl (C=O) groups is 1. The fourth-order valence-corrected chi connectivity index (χ4v) is 5.07. The number of likely N-dealkylation sites (N-methyl/N-ethyl adjacent to an activating group) is 1. The van der Waals surface area contributed by atoms with Crippen LogP contribution >= 0.6 is 0 Å². The van der Waals surface area contributed by atoms with Crippen molar-refractivity contribution in [2.45, 2.75) is 51.2 Å². The second-order valence-electron chi connectivity index (χ2n) is 11.5. The molecule has 0 bridgehead atoms. The van der Waals surface area contributed by atoms with Crippen LogP contribution in [0, 0.1) is 5.41 Å². The first-order valence-electron chi connectivity index (χ1n) is 14.5. The number of imidazole rings is 1. The van der Waals surface area contributed by atoms with Crippen LogP contribution < -0.4 is 21.7 Å². The van der Waals surface area contributed by atoms with Gasteiger partial charge >= 0.3 is 0 Å². The number of amides is 1. The van der Waals surface area contributed by atoms with E-state index in [1.165, 1.54) is 10.9 Å². The van der Waals surface area contributed by atoms with Gasteiger partial charge in [-0.05, 0) is 30.0 Å². The van der Waals surface area contributed by atoms with Gasteiger partial charge in [0.2, 0.25) is 5.95 Å². The second-order valence-corrected chi connectivity index (χ2v) is 11.5. The molecule has 1 aliphatic heterocycles. The van der Waals surface area contributed by atoms with Gasteiger partial charge in [-0.25, -0.2) is 4.98 Å². The van der Waals surface area contributed by atoms with Crippen molar-refractivity contribution in [2.24, 2.45) is 11.1 Å². The molecule has 43 heavy (non-hydrogen) atoms. The maximum Gasteiger partial charge on any atom is 0.252 e. The van der Waals surface area contributed by atoms with E-state index in [1.807, 2.05) is 50.2 Å². The highest BCUT2D eigenvalue weighted by Crippen LogP contribution is 2.34. The molecule has 1 saturated heterocycles. The van der Waals surface area contributed by atoms with Crippen LogP contribution in [-0.4, -0.2) is 80.1 Å². The summed E-state index contributed by atoms with van der Waals surface area (Å²) in [5.74, 6) is 0.344. The zero-order valence-electron chi connectivity index (χ0n) is 24.6. The number of carbonyl (C=O) groups excluding carboxylic acids is 1. The molecule has 4 atom stereocenters. The molecular weight excluding hydrogens is 548 g/mol. The van der Waals surface area contributed by atoms with Crippen molar-refractivity contribution >= 4 is 28.8 Å². The number of hydrogen-bond acceptors (Lipinski definition) is 10. The lowest BCUT2D eigenvalue weighted by Crippen LogP contribution is -2.42. The van der Waals surface area contributed by atoms with E-state index in [9.17, 15) is 15.0 Å². The minimum Gasteiger partial charge on any atom is -0.387 e. The van der Waals surface area contributed by atoms with Crippen LogP contribution in [0.15, 0.2) is 67.0 Å². The van der Waals surface area contributed by atoms with Crippen LogP contribution in [-0.2, 0) is 9.53 Å². The SMILES string of the molecule is CCNC(=O)[C@H]1O[C@@H](n2cnc3c(NCC(c4ccccc4)c4ccccc4)nc(NCC(C)(C)CN)nc32)[C@H](O)[C@@H]1O. The molecule has 0 spiro atoms. The van der Waals surface area contributed by atoms with Crippen LogP contribution in [0.25, 0.3) is 11.2 Å². The van der Waals surface area contributed by atoms with E-state index < -0.39 is 30.4 Å². The molecular formula is C31H40N8O4. The number of aliphatic hydroxyl groups is 2. The Morgan fingerprint density at radius 3 is 2.28 bits per heavy atom. The van der Waals surface area contributed by atoms with E-state index in [0.29, 0.717) is 49.1 Å². The van der Waals surface area contributed by atoms with Gasteiger partial charge in [-0.2, -0.15) is 9.97 Å². The van der Waals surface area contributed by atoms with E-state index in [0.717, 1.165) is 11.1 Å². The molecule has 4 aromatic rings. The summed E-state index contributed by atoms with van der Waals surface area (Å²) in [4.78, 5) is 26.5. The van der Waals surface area contributed by atoms with Crippen molar-refractivity contribution in [3.05, 3.63) is 78.1 Å². The molecule has 1 aliphatic rings. The molecule has 228 valence electrons. The number of nitrogens with two attached hydrogens (primary N) is 1. The summed E-state index contributed by atoms with van der Waals surface area (Å²) in [5.41, 5.74) is 8.85. The number of rotatable bonds is 12. The molecule has 0 radical (unpaired) electrons. The molecule has 1 fully saturated rings. The summed E-state index contributed by atoms with van der Waals surface area (Å²) in [7, 11) is 0. The average molecular weight is 589 g/mol. The number of benzene rings is 2. The van der Waals surface area contributed by atoms with Gasteiger partial charge < -0.3 is 36.6 Å². The lowest BCUT2D eigenvalue weighted by molar-refractivity contribution is -0.137. The number of fused-ring (bicyclic) bond motifs is 1. The van der Waals surface area contributed by atoms with Gasteiger partial charge in [0, 0.05) is 25.6 Å². The van der Waals surface area contributed by atoms with Crippen LogP contribution in [0.2, 0.25) is 0 Å². The summed E-state index contributed by atoms with van der Waals surface area (Å²) in [6.45, 7) is 7.70. The van der Waals surface area contributed by atoms with Crippen molar-refractivity contribution in [1.29, 1.82) is 0 Å². The molecule has 2 aromatic carbocycles. The first kappa shape index (κ1) is 30.4. The van der Waals surface area contributed by atoms with Crippen molar-refractivity contribution < 1.29 is 19.7 Å². The van der Waals surface area contributed by atoms with Gasteiger partial charge in [0.1, 0.15) is 12.2 Å². The lowest BCUT2D eigenvalue weighted by atomic mass is 9.91. The third-order valence-corrected chi connectivity index (χ3v) is 7.70. The normalized spacial score (nSPS) is 20.4. The summed E-state index contributed by atoms with van der Waals surface area (Å²) in [6.07, 6.45) is -3.66. The van der Waals surface area contributed by atoms with Crippen molar-refractivity contribution in [2.75, 3.05) is 36.8 Å². The summed E-state index contributed by atoms with van der Waals surface area (Å²) in [6, 6.07) is 20.5. The molecule has 5 rings (SSSR count). The Kier molecular flexibility index (Phi) is 9.21. The largest absolute Gasteiger partial charge is 0.387 e. The first-order chi connectivity index (χ1) is 20.7. The monoisotopic (exact) mass is 588 g/mol. The highest BCUT2D eigenvalue weighted by atomic mass is 16.6. The smallest absolute Gasteiger partial charge is 0.252 e. The molecule has 12 heteroatoms. The number of nitrogens with one attached hydrogen (secondary N) is 3. The predicted molar refractivity (Wildman–Crippen MR) is 164 cm³/mol. The van der Waals surface area contributed by atoms with Crippen molar-refractivity contribution in [3.8, 4) is 0 Å². The average Bonchev–Trinajstić information content (AvgIpc) is 3.57. The topological polar surface area (TPSA) is 172 Å². The minimum atomic E-state index is -1.42. The highest BCUT2D eigenvalue weighted by Gasteiger charge is 2.47. The lowest BCUT2D eigenvalue weighted by Gasteiger charge is -2.23. The summed E-state index contributed by atoms with van der Waals surface area (Å²) in [5, 5.41) is 30.9. The molecule has 0 aliphatic carbocycles. The Labute approximate surface area is 250 Å². The van der Waals surface area contributed by atoms with Crippen LogP contribution in [0.1, 0.15) is 44.0 Å². The van der Waals surface area contributed by atoms with Crippen LogP contribution in [0.5, 0.6) is 0 Å². The molecule has 2 aromatic heterocycles. The number of aliphatic hydroxyl groups excluding tert-OH is 2. The third-order valence-electron chi connectivity index (χ3n) is 7.70. The summed E-state index contributed by atoms with van der Waals surface area (Å²) < 4.78 is 7.40. The minimum absolute atomic E-state index is 0.0232. The maximum absolute atomic E-state index is 12.5. The van der Waals surface area contributed by atoms with E-state index in [-0.39, 0.29) is 11.3 Å². The van der Waals surface area contributed by atoms with Gasteiger partial charge in [0.25, 0.3) is 5.91 Å². The van der Waals surface area contributed by atoms with Gasteiger partial charge in [-0.15, -0.1) is 0 Å². The van der Waals surface area contributed by atoms with Gasteiger partial charge in [-0.3, -0.25) is 9.36 Å². The molecule has 12 nitrogen and oxygen atoms in total. The number of ether oxygens (including phenoxy) is 1.